The number of nitrogens with zero attached hydrogens (tertiary/aromatic N) is 3. The first kappa shape index (κ1) is 27.1. The van der Waals surface area contributed by atoms with Crippen LogP contribution in [0, 0.1) is 28.6 Å². The van der Waals surface area contributed by atoms with Gasteiger partial charge in [-0.2, -0.15) is 0 Å². The number of rotatable bonds is 9. The van der Waals surface area contributed by atoms with E-state index < -0.39 is 0 Å². The fourth-order valence-corrected chi connectivity index (χ4v) is 7.49. The van der Waals surface area contributed by atoms with Crippen molar-refractivity contribution in [3.05, 3.63) is 35.8 Å². The van der Waals surface area contributed by atoms with Gasteiger partial charge < -0.3 is 20.3 Å². The number of aromatic nitrogens is 2. The van der Waals surface area contributed by atoms with Crippen molar-refractivity contribution in [3.8, 4) is 0 Å². The van der Waals surface area contributed by atoms with Gasteiger partial charge in [0.15, 0.2) is 0 Å². The molecule has 4 aliphatic rings. The molecule has 2 aromatic rings. The van der Waals surface area contributed by atoms with Crippen LogP contribution in [0.3, 0.4) is 0 Å². The lowest BCUT2D eigenvalue weighted by Gasteiger charge is -2.60. The largest absolute Gasteiger partial charge is 0.383 e. The number of fused-ring (bicyclic) bond motifs is 3. The Morgan fingerprint density at radius 1 is 1.21 bits per heavy atom. The number of ether oxygens (including phenoxy) is 1. The van der Waals surface area contributed by atoms with Crippen LogP contribution in [0.2, 0.25) is 0 Å². The summed E-state index contributed by atoms with van der Waals surface area (Å²) in [6, 6.07) is 5.73. The number of amides is 2. The lowest BCUT2D eigenvalue weighted by molar-refractivity contribution is -0.137. The Morgan fingerprint density at radius 2 is 2.03 bits per heavy atom. The number of carbonyl (C=O) groups is 2. The second-order valence-corrected chi connectivity index (χ2v) is 13.0. The number of piperidine rings is 1. The van der Waals surface area contributed by atoms with Crippen LogP contribution in [0.1, 0.15) is 69.6 Å². The molecule has 2 aromatic heterocycles. The Morgan fingerprint density at radius 3 is 2.74 bits per heavy atom. The van der Waals surface area contributed by atoms with E-state index in [0.717, 1.165) is 32.0 Å². The standard InChI is InChI=1S/C30H45N5O3/c1-29(2)19-31-12-11-25(29)34(13-14-38-5)27(36)16-22-18-35-24(7-6-8-26(35)33-22)28(37)32-17-20-9-10-21-15-23(20)30(21,3)4/h6-8,18,20-21,23,25,31H,9-17,19H2,1-5H3,(H,32,37)/t20-,21+,23-,25?/m0/s1. The van der Waals surface area contributed by atoms with Gasteiger partial charge in [-0.05, 0) is 72.9 Å². The number of hydrogen-bond acceptors (Lipinski definition) is 5. The molecule has 1 unspecified atom stereocenters. The lowest BCUT2D eigenvalue weighted by Crippen LogP contribution is -2.57. The first-order chi connectivity index (χ1) is 18.1. The average molecular weight is 524 g/mol. The normalized spacial score (nSPS) is 27.5. The van der Waals surface area contributed by atoms with Gasteiger partial charge in [0.1, 0.15) is 11.3 Å². The zero-order chi connectivity index (χ0) is 27.1. The predicted molar refractivity (Wildman–Crippen MR) is 148 cm³/mol. The van der Waals surface area contributed by atoms with Crippen LogP contribution >= 0.6 is 0 Å². The summed E-state index contributed by atoms with van der Waals surface area (Å²) in [5, 5.41) is 6.67. The maximum Gasteiger partial charge on any atom is 0.268 e. The fraction of sp³-hybridized carbons (Fsp3) is 0.700. The summed E-state index contributed by atoms with van der Waals surface area (Å²) < 4.78 is 7.16. The zero-order valence-corrected chi connectivity index (χ0v) is 23.8. The summed E-state index contributed by atoms with van der Waals surface area (Å²) in [6.07, 6.45) is 6.75. The predicted octanol–water partition coefficient (Wildman–Crippen LogP) is 3.54. The van der Waals surface area contributed by atoms with Crippen molar-refractivity contribution in [1.82, 2.24) is 24.9 Å². The van der Waals surface area contributed by atoms with E-state index in [2.05, 4.69) is 38.3 Å². The molecule has 3 aliphatic carbocycles. The summed E-state index contributed by atoms with van der Waals surface area (Å²) in [5.74, 6) is 2.07. The molecule has 4 atom stereocenters. The van der Waals surface area contributed by atoms with Crippen molar-refractivity contribution in [3.63, 3.8) is 0 Å². The number of carbonyl (C=O) groups excluding carboxylic acids is 2. The topological polar surface area (TPSA) is 88.0 Å². The Balaban J connectivity index is 1.28. The molecule has 2 bridgehead atoms. The van der Waals surface area contributed by atoms with Crippen molar-refractivity contribution in [2.45, 2.75) is 65.8 Å². The van der Waals surface area contributed by atoms with Gasteiger partial charge in [0.2, 0.25) is 5.91 Å². The second kappa shape index (κ2) is 10.6. The molecule has 4 fully saturated rings. The van der Waals surface area contributed by atoms with Crippen molar-refractivity contribution in [2.75, 3.05) is 39.9 Å². The second-order valence-electron chi connectivity index (χ2n) is 13.0. The molecule has 0 aromatic carbocycles. The molecule has 0 spiro atoms. The van der Waals surface area contributed by atoms with Crippen molar-refractivity contribution < 1.29 is 14.3 Å². The maximum atomic E-state index is 13.6. The molecule has 8 heteroatoms. The number of methoxy groups -OCH3 is 1. The van der Waals surface area contributed by atoms with Gasteiger partial charge >= 0.3 is 0 Å². The van der Waals surface area contributed by atoms with Gasteiger partial charge in [-0.1, -0.05) is 33.8 Å². The summed E-state index contributed by atoms with van der Waals surface area (Å²) >= 11 is 0. The highest BCUT2D eigenvalue weighted by Gasteiger charge is 2.54. The summed E-state index contributed by atoms with van der Waals surface area (Å²) in [7, 11) is 1.67. The van der Waals surface area contributed by atoms with Crippen molar-refractivity contribution in [2.24, 2.45) is 28.6 Å². The molecular weight excluding hydrogens is 478 g/mol. The van der Waals surface area contributed by atoms with Crippen molar-refractivity contribution in [1.29, 1.82) is 0 Å². The summed E-state index contributed by atoms with van der Waals surface area (Å²) in [4.78, 5) is 33.6. The first-order valence-corrected chi connectivity index (χ1v) is 14.4. The summed E-state index contributed by atoms with van der Waals surface area (Å²) in [6.45, 7) is 12.8. The number of imidazole rings is 1. The van der Waals surface area contributed by atoms with Gasteiger partial charge in [0.05, 0.1) is 18.7 Å². The van der Waals surface area contributed by atoms with Crippen LogP contribution in [0.15, 0.2) is 24.4 Å². The molecule has 38 heavy (non-hydrogen) atoms. The van der Waals surface area contributed by atoms with E-state index in [1.807, 2.05) is 33.7 Å². The molecule has 208 valence electrons. The Hall–Kier alpha value is -2.45. The zero-order valence-electron chi connectivity index (χ0n) is 23.8. The molecule has 8 nitrogen and oxygen atoms in total. The third-order valence-corrected chi connectivity index (χ3v) is 9.94. The molecule has 3 heterocycles. The maximum absolute atomic E-state index is 13.6. The molecule has 3 saturated carbocycles. The van der Waals surface area contributed by atoms with Crippen LogP contribution in [0.25, 0.3) is 5.65 Å². The van der Waals surface area contributed by atoms with Gasteiger partial charge in [0.25, 0.3) is 5.91 Å². The van der Waals surface area contributed by atoms with E-state index in [-0.39, 0.29) is 29.7 Å². The fourth-order valence-electron chi connectivity index (χ4n) is 7.49. The SMILES string of the molecule is COCCN(C(=O)Cc1cn2c(C(=O)NC[C@@H]3CC[C@@H]4C[C@@H]3C4(C)C)cccc2n1)C1CCNCC1(C)C. The summed E-state index contributed by atoms with van der Waals surface area (Å²) in [5.41, 5.74) is 2.30. The number of pyridine rings is 1. The van der Waals surface area contributed by atoms with Gasteiger partial charge in [0, 0.05) is 39.0 Å². The van der Waals surface area contributed by atoms with Gasteiger partial charge in [-0.3, -0.25) is 14.0 Å². The number of hydrogen-bond donors (Lipinski definition) is 2. The molecule has 6 rings (SSSR count). The van der Waals surface area contributed by atoms with Crippen molar-refractivity contribution >= 4 is 17.5 Å². The van der Waals surface area contributed by atoms with E-state index in [1.165, 1.54) is 19.3 Å². The highest BCUT2D eigenvalue weighted by atomic mass is 16.5. The smallest absolute Gasteiger partial charge is 0.268 e. The molecule has 1 saturated heterocycles. The van der Waals surface area contributed by atoms with E-state index in [9.17, 15) is 9.59 Å². The monoisotopic (exact) mass is 523 g/mol. The van der Waals surface area contributed by atoms with Crippen LogP contribution in [0.4, 0.5) is 0 Å². The van der Waals surface area contributed by atoms with E-state index in [1.54, 1.807) is 7.11 Å². The molecule has 1 aliphatic heterocycles. The Labute approximate surface area is 226 Å². The minimum Gasteiger partial charge on any atom is -0.383 e. The van der Waals surface area contributed by atoms with Crippen LogP contribution in [0.5, 0.6) is 0 Å². The van der Waals surface area contributed by atoms with Crippen LogP contribution in [-0.2, 0) is 16.0 Å². The highest BCUT2D eigenvalue weighted by molar-refractivity contribution is 5.93. The minimum atomic E-state index is -0.0803. The van der Waals surface area contributed by atoms with Crippen LogP contribution < -0.4 is 10.6 Å². The third-order valence-electron chi connectivity index (χ3n) is 9.94. The third kappa shape index (κ3) is 5.09. The highest BCUT2D eigenvalue weighted by Crippen LogP contribution is 2.61. The molecule has 2 N–H and O–H groups in total. The lowest BCUT2D eigenvalue weighted by atomic mass is 9.45. The average Bonchev–Trinajstić information content (AvgIpc) is 3.30. The molecular formula is C30H45N5O3. The van der Waals surface area contributed by atoms with E-state index in [0.29, 0.717) is 47.4 Å². The van der Waals surface area contributed by atoms with Gasteiger partial charge in [-0.15, -0.1) is 0 Å². The van der Waals surface area contributed by atoms with Crippen LogP contribution in [-0.4, -0.2) is 72.0 Å². The molecule has 0 radical (unpaired) electrons. The van der Waals surface area contributed by atoms with E-state index in [4.69, 9.17) is 9.72 Å². The Kier molecular flexibility index (Phi) is 7.57. The van der Waals surface area contributed by atoms with Gasteiger partial charge in [-0.25, -0.2) is 4.98 Å². The first-order valence-electron chi connectivity index (χ1n) is 14.4. The Bertz CT molecular complexity index is 1170. The molecule has 2 amide bonds. The van der Waals surface area contributed by atoms with E-state index >= 15 is 0 Å². The quantitative estimate of drug-likeness (QED) is 0.525. The minimum absolute atomic E-state index is 0.0280. The number of nitrogens with one attached hydrogen (secondary N) is 2.